The van der Waals surface area contributed by atoms with Crippen LogP contribution in [0.1, 0.15) is 28.7 Å². The molecule has 1 aliphatic rings. The van der Waals surface area contributed by atoms with E-state index in [0.717, 1.165) is 0 Å². The van der Waals surface area contributed by atoms with E-state index in [-0.39, 0.29) is 0 Å². The van der Waals surface area contributed by atoms with Crippen LogP contribution in [0.3, 0.4) is 0 Å². The Hall–Kier alpha value is -1.60. The van der Waals surface area contributed by atoms with Gasteiger partial charge in [-0.2, -0.15) is 0 Å². The van der Waals surface area contributed by atoms with Crippen LogP contribution in [0.25, 0.3) is 11.1 Å². The maximum Gasteiger partial charge on any atom is 0.0133 e. The molecule has 21 heavy (non-hydrogen) atoms. The van der Waals surface area contributed by atoms with Crippen LogP contribution < -0.4 is 0 Å². The van der Waals surface area contributed by atoms with Gasteiger partial charge in [0.05, 0.1) is 0 Å². The Morgan fingerprint density at radius 3 is 2.29 bits per heavy atom. The number of aryl methyl sites for hydroxylation is 2. The van der Waals surface area contributed by atoms with Gasteiger partial charge < -0.3 is 4.90 Å². The highest BCUT2D eigenvalue weighted by molar-refractivity contribution is 5.75. The Kier molecular flexibility index (Phi) is 3.86. The average Bonchev–Trinajstić information content (AvgIpc) is 2.46. The van der Waals surface area contributed by atoms with Crippen LogP contribution in [0.2, 0.25) is 0 Å². The fraction of sp³-hybridized carbons (Fsp3) is 0.400. The van der Waals surface area contributed by atoms with Gasteiger partial charge in [0, 0.05) is 6.04 Å². The molecule has 0 N–H and O–H groups in total. The van der Waals surface area contributed by atoms with Crippen molar-refractivity contribution in [2.75, 3.05) is 14.1 Å². The van der Waals surface area contributed by atoms with Gasteiger partial charge in [0.2, 0.25) is 0 Å². The number of nitrogens with zero attached hydrogens (tertiary/aromatic N) is 1. The van der Waals surface area contributed by atoms with Gasteiger partial charge >= 0.3 is 0 Å². The molecular weight excluding hydrogens is 254 g/mol. The van der Waals surface area contributed by atoms with Gasteiger partial charge in [-0.15, -0.1) is 0 Å². The molecule has 0 heterocycles. The van der Waals surface area contributed by atoms with E-state index >= 15 is 0 Å². The lowest BCUT2D eigenvalue weighted by Gasteiger charge is -2.31. The van der Waals surface area contributed by atoms with Gasteiger partial charge in [-0.25, -0.2) is 0 Å². The normalized spacial score (nSPS) is 17.9. The Labute approximate surface area is 128 Å². The van der Waals surface area contributed by atoms with E-state index in [0.29, 0.717) is 6.04 Å². The van der Waals surface area contributed by atoms with Gasteiger partial charge in [-0.05, 0) is 80.6 Å². The summed E-state index contributed by atoms with van der Waals surface area (Å²) in [6.07, 6.45) is 3.64. The molecule has 1 atom stereocenters. The number of benzene rings is 2. The minimum atomic E-state index is 0.686. The van der Waals surface area contributed by atoms with Gasteiger partial charge in [0.15, 0.2) is 0 Å². The second-order valence-corrected chi connectivity index (χ2v) is 6.57. The first-order chi connectivity index (χ1) is 10.1. The van der Waals surface area contributed by atoms with Crippen LogP contribution >= 0.6 is 0 Å². The van der Waals surface area contributed by atoms with Crippen LogP contribution in [0.5, 0.6) is 0 Å². The minimum absolute atomic E-state index is 0.686. The van der Waals surface area contributed by atoms with Crippen molar-refractivity contribution in [3.63, 3.8) is 0 Å². The molecule has 0 aromatic heterocycles. The third kappa shape index (κ3) is 2.63. The zero-order chi connectivity index (χ0) is 15.0. The Morgan fingerprint density at radius 1 is 0.952 bits per heavy atom. The highest BCUT2D eigenvalue weighted by Gasteiger charge is 2.23. The lowest BCUT2D eigenvalue weighted by molar-refractivity contribution is 0.268. The fourth-order valence-corrected chi connectivity index (χ4v) is 3.70. The van der Waals surface area contributed by atoms with Crippen molar-refractivity contribution in [2.24, 2.45) is 0 Å². The van der Waals surface area contributed by atoms with E-state index in [2.05, 4.69) is 69.2 Å². The quantitative estimate of drug-likeness (QED) is 0.788. The molecule has 1 nitrogen and oxygen atoms in total. The van der Waals surface area contributed by atoms with Crippen molar-refractivity contribution in [2.45, 2.75) is 39.2 Å². The fourth-order valence-electron chi connectivity index (χ4n) is 3.70. The standard InChI is InChI=1S/C20H25N/c1-14-7-5-8-15(2)20(14)19-10-6-9-16-13-17(21(3)4)11-12-18(16)19/h5-10,17H,11-13H2,1-4H3. The minimum Gasteiger partial charge on any atom is -0.306 e. The summed E-state index contributed by atoms with van der Waals surface area (Å²) < 4.78 is 0. The average molecular weight is 279 g/mol. The molecule has 0 radical (unpaired) electrons. The molecule has 0 saturated heterocycles. The third-order valence-electron chi connectivity index (χ3n) is 4.94. The molecule has 0 spiro atoms. The Morgan fingerprint density at radius 2 is 1.62 bits per heavy atom. The summed E-state index contributed by atoms with van der Waals surface area (Å²) in [5.41, 5.74) is 8.79. The predicted octanol–water partition coefficient (Wildman–Crippen LogP) is 4.39. The predicted molar refractivity (Wildman–Crippen MR) is 90.9 cm³/mol. The van der Waals surface area contributed by atoms with Crippen molar-refractivity contribution < 1.29 is 0 Å². The Balaban J connectivity index is 2.09. The van der Waals surface area contributed by atoms with Gasteiger partial charge in [-0.3, -0.25) is 0 Å². The van der Waals surface area contributed by atoms with Crippen molar-refractivity contribution in [1.29, 1.82) is 0 Å². The van der Waals surface area contributed by atoms with Crippen molar-refractivity contribution >= 4 is 0 Å². The van der Waals surface area contributed by atoms with Crippen LogP contribution in [0, 0.1) is 13.8 Å². The van der Waals surface area contributed by atoms with Gasteiger partial charge in [0.25, 0.3) is 0 Å². The number of hydrogen-bond donors (Lipinski definition) is 0. The Bertz CT molecular complexity index is 635. The van der Waals surface area contributed by atoms with E-state index in [9.17, 15) is 0 Å². The summed E-state index contributed by atoms with van der Waals surface area (Å²) in [6, 6.07) is 14.2. The SMILES string of the molecule is Cc1cccc(C)c1-c1cccc2c1CCC(N(C)C)C2. The molecule has 3 rings (SSSR count). The summed E-state index contributed by atoms with van der Waals surface area (Å²) >= 11 is 0. The molecule has 0 bridgehead atoms. The number of rotatable bonds is 2. The van der Waals surface area contributed by atoms with Crippen LogP contribution in [0.15, 0.2) is 36.4 Å². The van der Waals surface area contributed by atoms with E-state index in [1.165, 1.54) is 41.5 Å². The molecule has 0 fully saturated rings. The number of hydrogen-bond acceptors (Lipinski definition) is 1. The molecule has 0 aliphatic heterocycles. The summed E-state index contributed by atoms with van der Waals surface area (Å²) in [6.45, 7) is 4.46. The molecule has 0 amide bonds. The van der Waals surface area contributed by atoms with Gasteiger partial charge in [-0.1, -0.05) is 36.4 Å². The molecular formula is C20H25N. The highest BCUT2D eigenvalue weighted by Crippen LogP contribution is 2.35. The van der Waals surface area contributed by atoms with Crippen LogP contribution in [-0.2, 0) is 12.8 Å². The molecule has 2 aromatic rings. The zero-order valence-corrected chi connectivity index (χ0v) is 13.6. The third-order valence-corrected chi connectivity index (χ3v) is 4.94. The van der Waals surface area contributed by atoms with E-state index < -0.39 is 0 Å². The molecule has 1 unspecified atom stereocenters. The van der Waals surface area contributed by atoms with Crippen molar-refractivity contribution in [3.05, 3.63) is 58.7 Å². The maximum atomic E-state index is 2.37. The van der Waals surface area contributed by atoms with Gasteiger partial charge in [0.1, 0.15) is 0 Å². The topological polar surface area (TPSA) is 3.24 Å². The number of fused-ring (bicyclic) bond motifs is 1. The summed E-state index contributed by atoms with van der Waals surface area (Å²) in [5, 5.41) is 0. The first-order valence-corrected chi connectivity index (χ1v) is 7.91. The second-order valence-electron chi connectivity index (χ2n) is 6.57. The zero-order valence-electron chi connectivity index (χ0n) is 13.6. The van der Waals surface area contributed by atoms with Crippen molar-refractivity contribution in [3.8, 4) is 11.1 Å². The largest absolute Gasteiger partial charge is 0.306 e. The van der Waals surface area contributed by atoms with Crippen molar-refractivity contribution in [1.82, 2.24) is 4.90 Å². The molecule has 2 aromatic carbocycles. The smallest absolute Gasteiger partial charge is 0.0133 e. The van der Waals surface area contributed by atoms with E-state index in [1.807, 2.05) is 0 Å². The van der Waals surface area contributed by atoms with Crippen LogP contribution in [0.4, 0.5) is 0 Å². The maximum absolute atomic E-state index is 2.37. The highest BCUT2D eigenvalue weighted by atomic mass is 15.1. The monoisotopic (exact) mass is 279 g/mol. The summed E-state index contributed by atoms with van der Waals surface area (Å²) in [5.74, 6) is 0. The lowest BCUT2D eigenvalue weighted by atomic mass is 9.81. The molecule has 0 saturated carbocycles. The molecule has 110 valence electrons. The molecule has 1 heteroatoms. The van der Waals surface area contributed by atoms with Crippen LogP contribution in [-0.4, -0.2) is 25.0 Å². The first-order valence-electron chi connectivity index (χ1n) is 7.91. The number of likely N-dealkylation sites (N-methyl/N-ethyl adjacent to an activating group) is 1. The first kappa shape index (κ1) is 14.3. The molecule has 1 aliphatic carbocycles. The second kappa shape index (κ2) is 5.65. The lowest BCUT2D eigenvalue weighted by Crippen LogP contribution is -2.33. The summed E-state index contributed by atoms with van der Waals surface area (Å²) in [4.78, 5) is 2.37. The van der Waals surface area contributed by atoms with E-state index in [1.54, 1.807) is 11.1 Å². The summed E-state index contributed by atoms with van der Waals surface area (Å²) in [7, 11) is 4.40. The van der Waals surface area contributed by atoms with E-state index in [4.69, 9.17) is 0 Å².